The van der Waals surface area contributed by atoms with Gasteiger partial charge in [0.25, 0.3) is 0 Å². The number of para-hydroxylation sites is 2. The number of imidazole rings is 1. The van der Waals surface area contributed by atoms with Gasteiger partial charge in [-0.25, -0.2) is 4.79 Å². The summed E-state index contributed by atoms with van der Waals surface area (Å²) in [4.78, 5) is 12.5. The van der Waals surface area contributed by atoms with Crippen molar-refractivity contribution in [3.05, 3.63) is 70.1 Å². The van der Waals surface area contributed by atoms with Crippen molar-refractivity contribution in [2.75, 3.05) is 0 Å². The number of benzene rings is 2. The molecule has 0 aliphatic heterocycles. The first-order valence-corrected chi connectivity index (χ1v) is 7.11. The Bertz CT molecular complexity index is 813. The second-order valence-corrected chi connectivity index (χ2v) is 5.08. The first-order chi connectivity index (χ1) is 10.2. The molecular formula is C17H18N2O2. The van der Waals surface area contributed by atoms with Crippen molar-refractivity contribution in [3.63, 3.8) is 0 Å². The quantitative estimate of drug-likeness (QED) is 0.798. The normalized spacial score (nSPS) is 11.1. The van der Waals surface area contributed by atoms with Gasteiger partial charge in [-0.2, -0.15) is 0 Å². The minimum Gasteiger partial charge on any atom is -0.392 e. The highest BCUT2D eigenvalue weighted by Crippen LogP contribution is 2.14. The van der Waals surface area contributed by atoms with Gasteiger partial charge in [-0.3, -0.25) is 9.13 Å². The van der Waals surface area contributed by atoms with Gasteiger partial charge in [-0.05, 0) is 30.2 Å². The van der Waals surface area contributed by atoms with E-state index in [-0.39, 0.29) is 12.3 Å². The maximum absolute atomic E-state index is 12.5. The number of aromatic nitrogens is 2. The largest absolute Gasteiger partial charge is 0.392 e. The molecule has 0 saturated heterocycles. The molecule has 4 nitrogen and oxygen atoms in total. The Morgan fingerprint density at radius 3 is 2.05 bits per heavy atom. The van der Waals surface area contributed by atoms with Crippen molar-refractivity contribution in [1.29, 1.82) is 0 Å². The average molecular weight is 282 g/mol. The van der Waals surface area contributed by atoms with Crippen LogP contribution >= 0.6 is 0 Å². The number of nitrogens with zero attached hydrogens (tertiary/aromatic N) is 2. The van der Waals surface area contributed by atoms with Crippen LogP contribution in [0.3, 0.4) is 0 Å². The topological polar surface area (TPSA) is 47.2 Å². The predicted octanol–water partition coefficient (Wildman–Crippen LogP) is 2.36. The number of rotatable bonds is 4. The zero-order chi connectivity index (χ0) is 14.8. The predicted molar refractivity (Wildman–Crippen MR) is 83.3 cm³/mol. The summed E-state index contributed by atoms with van der Waals surface area (Å²) >= 11 is 0. The van der Waals surface area contributed by atoms with Gasteiger partial charge < -0.3 is 5.11 Å². The number of aryl methyl sites for hydroxylation is 1. The van der Waals surface area contributed by atoms with Gasteiger partial charge in [0.2, 0.25) is 0 Å². The summed E-state index contributed by atoms with van der Waals surface area (Å²) in [7, 11) is 0. The fourth-order valence-electron chi connectivity index (χ4n) is 2.66. The molecule has 2 aromatic carbocycles. The number of hydrogen-bond acceptors (Lipinski definition) is 2. The van der Waals surface area contributed by atoms with Crippen LogP contribution in [0.15, 0.2) is 53.3 Å². The minimum atomic E-state index is 0.0185. The van der Waals surface area contributed by atoms with Crippen molar-refractivity contribution >= 4 is 11.0 Å². The monoisotopic (exact) mass is 282 g/mol. The van der Waals surface area contributed by atoms with E-state index in [4.69, 9.17) is 5.11 Å². The van der Waals surface area contributed by atoms with Crippen LogP contribution in [-0.2, 0) is 19.7 Å². The highest BCUT2D eigenvalue weighted by Gasteiger charge is 2.11. The molecule has 108 valence electrons. The lowest BCUT2D eigenvalue weighted by Crippen LogP contribution is -2.24. The molecule has 3 aromatic rings. The Balaban J connectivity index is 2.07. The first-order valence-electron chi connectivity index (χ1n) is 7.11. The Kier molecular flexibility index (Phi) is 3.62. The number of aliphatic hydroxyl groups excluding tert-OH is 1. The van der Waals surface area contributed by atoms with E-state index in [0.29, 0.717) is 13.1 Å². The van der Waals surface area contributed by atoms with Crippen molar-refractivity contribution in [2.24, 2.45) is 0 Å². The van der Waals surface area contributed by atoms with Crippen LogP contribution in [0.25, 0.3) is 11.0 Å². The SMILES string of the molecule is CCn1c(=O)n(Cc2ccc(CO)cc2)c2ccccc21. The molecule has 21 heavy (non-hydrogen) atoms. The van der Waals surface area contributed by atoms with Gasteiger partial charge in [-0.1, -0.05) is 36.4 Å². The lowest BCUT2D eigenvalue weighted by molar-refractivity contribution is 0.282. The van der Waals surface area contributed by atoms with Gasteiger partial charge in [0.05, 0.1) is 24.2 Å². The minimum absolute atomic E-state index is 0.0185. The number of fused-ring (bicyclic) bond motifs is 1. The Morgan fingerprint density at radius 2 is 1.48 bits per heavy atom. The fraction of sp³-hybridized carbons (Fsp3) is 0.235. The van der Waals surface area contributed by atoms with Gasteiger partial charge in [0, 0.05) is 6.54 Å². The van der Waals surface area contributed by atoms with Gasteiger partial charge in [-0.15, -0.1) is 0 Å². The highest BCUT2D eigenvalue weighted by molar-refractivity contribution is 5.76. The van der Waals surface area contributed by atoms with E-state index in [1.165, 1.54) is 0 Å². The standard InChI is InChI=1S/C17H18N2O2/c1-2-18-15-5-3-4-6-16(15)19(17(18)21)11-13-7-9-14(12-20)10-8-13/h3-10,20H,2,11-12H2,1H3. The molecule has 0 radical (unpaired) electrons. The molecule has 0 aliphatic rings. The third kappa shape index (κ3) is 2.38. The highest BCUT2D eigenvalue weighted by atomic mass is 16.3. The van der Waals surface area contributed by atoms with Gasteiger partial charge in [0.15, 0.2) is 0 Å². The van der Waals surface area contributed by atoms with Crippen molar-refractivity contribution in [2.45, 2.75) is 26.6 Å². The summed E-state index contributed by atoms with van der Waals surface area (Å²) in [6, 6.07) is 15.5. The van der Waals surface area contributed by atoms with Crippen LogP contribution in [0.1, 0.15) is 18.1 Å². The summed E-state index contributed by atoms with van der Waals surface area (Å²) < 4.78 is 3.59. The van der Waals surface area contributed by atoms with Gasteiger partial charge >= 0.3 is 5.69 Å². The molecule has 0 amide bonds. The number of aliphatic hydroxyl groups is 1. The lowest BCUT2D eigenvalue weighted by atomic mass is 10.1. The molecule has 1 aromatic heterocycles. The van der Waals surface area contributed by atoms with Crippen LogP contribution in [-0.4, -0.2) is 14.2 Å². The molecule has 0 saturated carbocycles. The summed E-state index contributed by atoms with van der Waals surface area (Å²) in [5, 5.41) is 9.08. The second kappa shape index (κ2) is 5.58. The number of hydrogen-bond donors (Lipinski definition) is 1. The Labute approximate surface area is 122 Å². The van der Waals surface area contributed by atoms with E-state index in [1.807, 2.05) is 55.5 Å². The van der Waals surface area contributed by atoms with E-state index < -0.39 is 0 Å². The van der Waals surface area contributed by atoms with E-state index in [1.54, 1.807) is 9.13 Å². The molecule has 4 heteroatoms. The lowest BCUT2D eigenvalue weighted by Gasteiger charge is -2.04. The summed E-state index contributed by atoms with van der Waals surface area (Å²) in [6.07, 6.45) is 0. The third-order valence-electron chi connectivity index (χ3n) is 3.79. The maximum atomic E-state index is 12.5. The smallest absolute Gasteiger partial charge is 0.329 e. The summed E-state index contributed by atoms with van der Waals surface area (Å²) in [5.41, 5.74) is 3.87. The summed E-state index contributed by atoms with van der Waals surface area (Å²) in [5.74, 6) is 0. The molecular weight excluding hydrogens is 264 g/mol. The molecule has 0 unspecified atom stereocenters. The molecule has 3 rings (SSSR count). The fourth-order valence-corrected chi connectivity index (χ4v) is 2.66. The van der Waals surface area contributed by atoms with E-state index >= 15 is 0 Å². The van der Waals surface area contributed by atoms with Crippen molar-refractivity contribution < 1.29 is 5.11 Å². The van der Waals surface area contributed by atoms with E-state index in [0.717, 1.165) is 22.2 Å². The molecule has 1 heterocycles. The first kappa shape index (κ1) is 13.6. The zero-order valence-electron chi connectivity index (χ0n) is 12.0. The van der Waals surface area contributed by atoms with Crippen LogP contribution in [0, 0.1) is 0 Å². The van der Waals surface area contributed by atoms with Crippen LogP contribution in [0.5, 0.6) is 0 Å². The average Bonchev–Trinajstić information content (AvgIpc) is 2.80. The van der Waals surface area contributed by atoms with E-state index in [9.17, 15) is 4.79 Å². The molecule has 1 N–H and O–H groups in total. The van der Waals surface area contributed by atoms with Crippen molar-refractivity contribution in [1.82, 2.24) is 9.13 Å². The van der Waals surface area contributed by atoms with Crippen LogP contribution in [0.2, 0.25) is 0 Å². The van der Waals surface area contributed by atoms with E-state index in [2.05, 4.69) is 0 Å². The molecule has 0 atom stereocenters. The molecule has 0 spiro atoms. The Hall–Kier alpha value is -2.33. The van der Waals surface area contributed by atoms with Crippen LogP contribution in [0.4, 0.5) is 0 Å². The van der Waals surface area contributed by atoms with Crippen molar-refractivity contribution in [3.8, 4) is 0 Å². The molecule has 0 fully saturated rings. The van der Waals surface area contributed by atoms with Gasteiger partial charge in [0.1, 0.15) is 0 Å². The summed E-state index contributed by atoms with van der Waals surface area (Å²) in [6.45, 7) is 3.22. The molecule has 0 bridgehead atoms. The second-order valence-electron chi connectivity index (χ2n) is 5.08. The van der Waals surface area contributed by atoms with Crippen LogP contribution < -0.4 is 5.69 Å². The maximum Gasteiger partial charge on any atom is 0.329 e. The molecule has 0 aliphatic carbocycles. The third-order valence-corrected chi connectivity index (χ3v) is 3.79. The Morgan fingerprint density at radius 1 is 0.905 bits per heavy atom. The zero-order valence-corrected chi connectivity index (χ0v) is 12.0.